The lowest BCUT2D eigenvalue weighted by Gasteiger charge is -2.36. The van der Waals surface area contributed by atoms with Crippen LogP contribution in [0.2, 0.25) is 0 Å². The topological polar surface area (TPSA) is 69.6 Å². The number of carbonyl (C=O) groups excluding carboxylic acids is 1. The lowest BCUT2D eigenvalue weighted by atomic mass is 9.92. The maximum Gasteiger partial charge on any atom is 0.318 e. The third kappa shape index (κ3) is 3.66. The summed E-state index contributed by atoms with van der Waals surface area (Å²) in [6.45, 7) is 4.41. The number of amides is 2. The second-order valence-electron chi connectivity index (χ2n) is 4.19. The van der Waals surface area contributed by atoms with E-state index in [1.165, 1.54) is 0 Å². The molecule has 0 saturated carbocycles. The fourth-order valence-electron chi connectivity index (χ4n) is 2.01. The number of hydrogen-bond acceptors (Lipinski definition) is 2. The first kappa shape index (κ1) is 13.4. The smallest absolute Gasteiger partial charge is 0.318 e. The van der Waals surface area contributed by atoms with Crippen LogP contribution in [0.15, 0.2) is 0 Å². The molecule has 0 aromatic rings. The Morgan fingerprint density at radius 3 is 2.76 bits per heavy atom. The number of piperidine rings is 1. The molecule has 2 N–H and O–H groups in total. The predicted molar refractivity (Wildman–Crippen MR) is 63.4 cm³/mol. The van der Waals surface area contributed by atoms with Crippen LogP contribution < -0.4 is 5.32 Å². The van der Waals surface area contributed by atoms with Crippen molar-refractivity contribution in [2.24, 2.45) is 5.92 Å². The molecule has 1 saturated heterocycles. The molecule has 1 heterocycles. The van der Waals surface area contributed by atoms with Gasteiger partial charge >= 0.3 is 12.0 Å². The summed E-state index contributed by atoms with van der Waals surface area (Å²) >= 11 is 0. The quantitative estimate of drug-likeness (QED) is 0.702. The minimum Gasteiger partial charge on any atom is -0.481 e. The highest BCUT2D eigenvalue weighted by Crippen LogP contribution is 2.22. The van der Waals surface area contributed by atoms with E-state index in [-0.39, 0.29) is 18.0 Å². The van der Waals surface area contributed by atoms with Crippen molar-refractivity contribution in [2.75, 3.05) is 13.1 Å². The van der Waals surface area contributed by atoms with Crippen LogP contribution in [0.1, 0.15) is 26.7 Å². The molecule has 94 valence electrons. The first-order chi connectivity index (χ1) is 8.06. The minimum atomic E-state index is -0.770. The SMILES string of the molecule is CC#CCNC(=O)N1CCC(C(=O)O)CC1C. The standard InChI is InChI=1S/C12H18N2O3/c1-3-4-6-13-12(17)14-7-5-10(11(15)16)8-9(14)2/h9-10H,5-8H2,1-2H3,(H,13,17)(H,15,16). The molecule has 2 unspecified atom stereocenters. The predicted octanol–water partition coefficient (Wildman–Crippen LogP) is 0.904. The zero-order chi connectivity index (χ0) is 12.8. The second-order valence-corrected chi connectivity index (χ2v) is 4.19. The highest BCUT2D eigenvalue weighted by atomic mass is 16.4. The Labute approximate surface area is 101 Å². The van der Waals surface area contributed by atoms with Gasteiger partial charge in [0.05, 0.1) is 12.5 Å². The molecule has 1 fully saturated rings. The molecular formula is C12H18N2O3. The maximum absolute atomic E-state index is 11.8. The number of likely N-dealkylation sites (tertiary alicyclic amines) is 1. The van der Waals surface area contributed by atoms with Crippen molar-refractivity contribution in [2.45, 2.75) is 32.7 Å². The van der Waals surface area contributed by atoms with Gasteiger partial charge in [0.2, 0.25) is 0 Å². The summed E-state index contributed by atoms with van der Waals surface area (Å²) in [6, 6.07) is -0.205. The number of carboxylic acid groups (broad SMARTS) is 1. The first-order valence-corrected chi connectivity index (χ1v) is 5.73. The van der Waals surface area contributed by atoms with Crippen molar-refractivity contribution in [1.82, 2.24) is 10.2 Å². The molecule has 1 aliphatic rings. The summed E-state index contributed by atoms with van der Waals surface area (Å²) in [6.07, 6.45) is 1.04. The van der Waals surface area contributed by atoms with Gasteiger partial charge in [-0.3, -0.25) is 4.79 Å². The van der Waals surface area contributed by atoms with Crippen LogP contribution in [-0.4, -0.2) is 41.1 Å². The summed E-state index contributed by atoms with van der Waals surface area (Å²) in [7, 11) is 0. The van der Waals surface area contributed by atoms with Gasteiger partial charge in [-0.1, -0.05) is 5.92 Å². The summed E-state index contributed by atoms with van der Waals surface area (Å²) in [5, 5.41) is 11.6. The van der Waals surface area contributed by atoms with E-state index in [1.54, 1.807) is 11.8 Å². The molecule has 0 radical (unpaired) electrons. The van der Waals surface area contributed by atoms with Crippen molar-refractivity contribution >= 4 is 12.0 Å². The van der Waals surface area contributed by atoms with Gasteiger partial charge in [0.25, 0.3) is 0 Å². The highest BCUT2D eigenvalue weighted by molar-refractivity contribution is 5.76. The van der Waals surface area contributed by atoms with Gasteiger partial charge in [-0.05, 0) is 26.7 Å². The molecule has 5 nitrogen and oxygen atoms in total. The van der Waals surface area contributed by atoms with E-state index in [1.807, 2.05) is 6.92 Å². The van der Waals surface area contributed by atoms with Crippen molar-refractivity contribution in [1.29, 1.82) is 0 Å². The maximum atomic E-state index is 11.8. The molecule has 0 aromatic carbocycles. The zero-order valence-corrected chi connectivity index (χ0v) is 10.2. The van der Waals surface area contributed by atoms with Gasteiger partial charge in [-0.25, -0.2) is 4.79 Å². The Morgan fingerprint density at radius 1 is 1.53 bits per heavy atom. The van der Waals surface area contributed by atoms with E-state index in [0.717, 1.165) is 0 Å². The van der Waals surface area contributed by atoms with Gasteiger partial charge < -0.3 is 15.3 Å². The average molecular weight is 238 g/mol. The largest absolute Gasteiger partial charge is 0.481 e. The number of carbonyl (C=O) groups is 2. The monoisotopic (exact) mass is 238 g/mol. The fraction of sp³-hybridized carbons (Fsp3) is 0.667. The summed E-state index contributed by atoms with van der Waals surface area (Å²) < 4.78 is 0. The second kappa shape index (κ2) is 6.14. The molecule has 5 heteroatoms. The van der Waals surface area contributed by atoms with Crippen molar-refractivity contribution in [3.8, 4) is 11.8 Å². The zero-order valence-electron chi connectivity index (χ0n) is 10.2. The van der Waals surface area contributed by atoms with Crippen molar-refractivity contribution in [3.63, 3.8) is 0 Å². The molecular weight excluding hydrogens is 220 g/mol. The lowest BCUT2D eigenvalue weighted by Crippen LogP contribution is -2.50. The number of rotatable bonds is 2. The molecule has 1 rings (SSSR count). The van der Waals surface area contributed by atoms with Gasteiger partial charge in [0.1, 0.15) is 0 Å². The van der Waals surface area contributed by atoms with Gasteiger partial charge in [-0.2, -0.15) is 0 Å². The molecule has 0 aliphatic carbocycles. The van der Waals surface area contributed by atoms with Crippen molar-refractivity contribution < 1.29 is 14.7 Å². The van der Waals surface area contributed by atoms with E-state index in [4.69, 9.17) is 5.11 Å². The Bertz CT molecular complexity index is 356. The summed E-state index contributed by atoms with van der Waals surface area (Å²) in [5.41, 5.74) is 0. The van der Waals surface area contributed by atoms with Crippen LogP contribution >= 0.6 is 0 Å². The molecule has 17 heavy (non-hydrogen) atoms. The Balaban J connectivity index is 2.47. The number of nitrogens with zero attached hydrogens (tertiary/aromatic N) is 1. The number of urea groups is 1. The fourth-order valence-corrected chi connectivity index (χ4v) is 2.01. The van der Waals surface area contributed by atoms with E-state index in [9.17, 15) is 9.59 Å². The van der Waals surface area contributed by atoms with Crippen LogP contribution in [0.25, 0.3) is 0 Å². The Morgan fingerprint density at radius 2 is 2.24 bits per heavy atom. The number of carboxylic acids is 1. The average Bonchev–Trinajstić information content (AvgIpc) is 2.28. The molecule has 2 amide bonds. The minimum absolute atomic E-state index is 0.0422. The normalized spacial score (nSPS) is 23.5. The first-order valence-electron chi connectivity index (χ1n) is 5.73. The van der Waals surface area contributed by atoms with Gasteiger partial charge in [-0.15, -0.1) is 5.92 Å². The summed E-state index contributed by atoms with van der Waals surface area (Å²) in [4.78, 5) is 24.3. The van der Waals surface area contributed by atoms with E-state index >= 15 is 0 Å². The van der Waals surface area contributed by atoms with Crippen LogP contribution in [0.4, 0.5) is 4.79 Å². The number of nitrogens with one attached hydrogen (secondary N) is 1. The molecule has 0 bridgehead atoms. The molecule has 0 aromatic heterocycles. The number of hydrogen-bond donors (Lipinski definition) is 2. The molecule has 0 spiro atoms. The Kier molecular flexibility index (Phi) is 4.83. The van der Waals surface area contributed by atoms with Crippen LogP contribution in [0.3, 0.4) is 0 Å². The van der Waals surface area contributed by atoms with Crippen LogP contribution in [0.5, 0.6) is 0 Å². The summed E-state index contributed by atoms with van der Waals surface area (Å²) in [5.74, 6) is 4.36. The molecule has 2 atom stereocenters. The van der Waals surface area contributed by atoms with E-state index < -0.39 is 5.97 Å². The lowest BCUT2D eigenvalue weighted by molar-refractivity contribution is -0.143. The third-order valence-electron chi connectivity index (χ3n) is 2.99. The number of aliphatic carboxylic acids is 1. The van der Waals surface area contributed by atoms with Crippen LogP contribution in [-0.2, 0) is 4.79 Å². The van der Waals surface area contributed by atoms with Crippen LogP contribution in [0, 0.1) is 17.8 Å². The van der Waals surface area contributed by atoms with Gasteiger partial charge in [0, 0.05) is 12.6 Å². The van der Waals surface area contributed by atoms with E-state index in [2.05, 4.69) is 17.2 Å². The van der Waals surface area contributed by atoms with Gasteiger partial charge in [0.15, 0.2) is 0 Å². The molecule has 1 aliphatic heterocycles. The third-order valence-corrected chi connectivity index (χ3v) is 2.99. The van der Waals surface area contributed by atoms with E-state index in [0.29, 0.717) is 25.9 Å². The Hall–Kier alpha value is -1.70. The van der Waals surface area contributed by atoms with Crippen molar-refractivity contribution in [3.05, 3.63) is 0 Å². The highest BCUT2D eigenvalue weighted by Gasteiger charge is 2.31.